The van der Waals surface area contributed by atoms with Crippen molar-refractivity contribution >= 4 is 11.9 Å². The highest BCUT2D eigenvalue weighted by atomic mass is 16.5. The second-order valence-corrected chi connectivity index (χ2v) is 20.0. The summed E-state index contributed by atoms with van der Waals surface area (Å²) in [6.07, 6.45) is 72.5. The van der Waals surface area contributed by atoms with Crippen LogP contribution in [0.5, 0.6) is 0 Å². The summed E-state index contributed by atoms with van der Waals surface area (Å²) in [5.41, 5.74) is 0. The van der Waals surface area contributed by atoms with Crippen LogP contribution in [0.3, 0.4) is 0 Å². The third kappa shape index (κ3) is 51.5. The number of aliphatic hydroxyl groups is 2. The Kier molecular flexibility index (Phi) is 54.0. The lowest BCUT2D eigenvalue weighted by Gasteiger charge is -2.24. The Morgan fingerprint density at radius 3 is 1.14 bits per heavy atom. The summed E-state index contributed by atoms with van der Waals surface area (Å²) in [6, 6.07) is -0.718. The van der Waals surface area contributed by atoms with Crippen LogP contribution in [-0.2, 0) is 14.3 Å². The SMILES string of the molecule is CCCCC/C=C\C/C=C\C/C=C\CCCCCCC(=O)OC(CCCCCC/C=C\C/C=C\C/C=C\CCCCC)CC(=O)NC(CO)C(O)CCCCCCCCCCCCCCCCCC. The van der Waals surface area contributed by atoms with Gasteiger partial charge in [0, 0.05) is 6.42 Å². The molecule has 0 heterocycles. The maximum absolute atomic E-state index is 13.3. The highest BCUT2D eigenvalue weighted by Crippen LogP contribution is 2.18. The van der Waals surface area contributed by atoms with E-state index in [-0.39, 0.29) is 24.9 Å². The topological polar surface area (TPSA) is 95.9 Å². The van der Waals surface area contributed by atoms with Crippen molar-refractivity contribution in [3.05, 3.63) is 72.9 Å². The molecule has 3 unspecified atom stereocenters. The van der Waals surface area contributed by atoms with Gasteiger partial charge in [0.2, 0.25) is 5.91 Å². The van der Waals surface area contributed by atoms with E-state index in [1.54, 1.807) is 0 Å². The molecule has 3 atom stereocenters. The third-order valence-corrected chi connectivity index (χ3v) is 13.3. The zero-order valence-corrected chi connectivity index (χ0v) is 45.7. The normalized spacial score (nSPS) is 13.6. The van der Waals surface area contributed by atoms with Gasteiger partial charge in [0.05, 0.1) is 25.2 Å². The van der Waals surface area contributed by atoms with E-state index in [9.17, 15) is 19.8 Å². The van der Waals surface area contributed by atoms with Crippen LogP contribution in [0.4, 0.5) is 0 Å². The minimum Gasteiger partial charge on any atom is -0.462 e. The second-order valence-electron chi connectivity index (χ2n) is 20.0. The molecule has 1 amide bonds. The van der Waals surface area contributed by atoms with Crippen LogP contribution >= 0.6 is 0 Å². The van der Waals surface area contributed by atoms with Gasteiger partial charge in [-0.3, -0.25) is 9.59 Å². The van der Waals surface area contributed by atoms with Gasteiger partial charge in [0.25, 0.3) is 0 Å². The van der Waals surface area contributed by atoms with Crippen LogP contribution < -0.4 is 5.32 Å². The number of hydrogen-bond acceptors (Lipinski definition) is 5. The van der Waals surface area contributed by atoms with Crippen molar-refractivity contribution in [1.82, 2.24) is 5.32 Å². The van der Waals surface area contributed by atoms with Gasteiger partial charge >= 0.3 is 5.97 Å². The van der Waals surface area contributed by atoms with Crippen molar-refractivity contribution in [1.29, 1.82) is 0 Å². The van der Waals surface area contributed by atoms with E-state index in [0.717, 1.165) is 109 Å². The Labute approximate surface area is 428 Å². The summed E-state index contributed by atoms with van der Waals surface area (Å²) in [5.74, 6) is -0.516. The van der Waals surface area contributed by atoms with E-state index in [2.05, 4.69) is 99.0 Å². The van der Waals surface area contributed by atoms with Gasteiger partial charge in [0.1, 0.15) is 6.10 Å². The molecule has 6 heteroatoms. The van der Waals surface area contributed by atoms with Crippen molar-refractivity contribution in [2.45, 2.75) is 309 Å². The van der Waals surface area contributed by atoms with Crippen molar-refractivity contribution in [3.8, 4) is 0 Å². The summed E-state index contributed by atoms with van der Waals surface area (Å²) in [5, 5.41) is 23.9. The van der Waals surface area contributed by atoms with Gasteiger partial charge in [0.15, 0.2) is 0 Å². The molecule has 400 valence electrons. The molecule has 69 heavy (non-hydrogen) atoms. The number of carbonyl (C=O) groups is 2. The van der Waals surface area contributed by atoms with Gasteiger partial charge in [-0.1, -0.05) is 248 Å². The lowest BCUT2D eigenvalue weighted by Crippen LogP contribution is -2.46. The lowest BCUT2D eigenvalue weighted by atomic mass is 10.0. The number of amides is 1. The summed E-state index contributed by atoms with van der Waals surface area (Å²) in [7, 11) is 0. The van der Waals surface area contributed by atoms with Gasteiger partial charge in [-0.15, -0.1) is 0 Å². The molecule has 0 bridgehead atoms. The average molecular weight is 965 g/mol. The summed E-state index contributed by atoms with van der Waals surface area (Å²) >= 11 is 0. The molecule has 0 saturated carbocycles. The molecular weight excluding hydrogens is 851 g/mol. The Morgan fingerprint density at radius 1 is 0.420 bits per heavy atom. The molecule has 0 aromatic heterocycles. The van der Waals surface area contributed by atoms with Crippen LogP contribution in [0, 0.1) is 0 Å². The minimum atomic E-state index is -0.802. The first kappa shape index (κ1) is 66.3. The zero-order valence-electron chi connectivity index (χ0n) is 45.7. The molecule has 0 aliphatic rings. The third-order valence-electron chi connectivity index (χ3n) is 13.3. The second kappa shape index (κ2) is 56.2. The first-order valence-corrected chi connectivity index (χ1v) is 29.7. The van der Waals surface area contributed by atoms with Crippen LogP contribution in [0.2, 0.25) is 0 Å². The number of hydrogen-bond donors (Lipinski definition) is 3. The Hall–Kier alpha value is -2.70. The molecule has 0 aliphatic heterocycles. The molecule has 6 nitrogen and oxygen atoms in total. The van der Waals surface area contributed by atoms with E-state index in [1.165, 1.54) is 135 Å². The molecular formula is C63H113NO5. The number of allylic oxidation sites excluding steroid dienone is 12. The van der Waals surface area contributed by atoms with E-state index in [4.69, 9.17) is 4.74 Å². The molecule has 0 aromatic carbocycles. The van der Waals surface area contributed by atoms with E-state index in [0.29, 0.717) is 19.3 Å². The molecule has 0 aliphatic carbocycles. The van der Waals surface area contributed by atoms with Gasteiger partial charge < -0.3 is 20.3 Å². The predicted octanol–water partition coefficient (Wildman–Crippen LogP) is 18.5. The fraction of sp³-hybridized carbons (Fsp3) is 0.778. The van der Waals surface area contributed by atoms with Gasteiger partial charge in [-0.25, -0.2) is 0 Å². The summed E-state index contributed by atoms with van der Waals surface area (Å²) < 4.78 is 5.95. The van der Waals surface area contributed by atoms with Gasteiger partial charge in [-0.05, 0) is 103 Å². The van der Waals surface area contributed by atoms with Crippen molar-refractivity contribution < 1.29 is 24.5 Å². The van der Waals surface area contributed by atoms with Crippen LogP contribution in [0.1, 0.15) is 290 Å². The maximum atomic E-state index is 13.3. The standard InChI is InChI=1S/C63H113NO5/c1-4-7-10-13-16-19-22-25-28-31-33-36-39-42-45-48-51-54-59(69-63(68)56-53-50-47-44-41-38-35-32-29-26-23-20-17-14-11-8-5-2)57-62(67)64-60(58-65)61(66)55-52-49-46-43-40-37-34-30-27-24-21-18-15-12-9-6-3/h16-17,19-20,25-26,28-29,33,35-36,38,59-61,65-66H,4-15,18,21-24,27,30-32,34,37,39-58H2,1-3H3,(H,64,67)/b19-16-,20-17-,28-25-,29-26-,36-33-,38-35-. The van der Waals surface area contributed by atoms with Crippen LogP contribution in [0.15, 0.2) is 72.9 Å². The van der Waals surface area contributed by atoms with Crippen LogP contribution in [-0.4, -0.2) is 46.9 Å². The monoisotopic (exact) mass is 964 g/mol. The fourth-order valence-electron chi connectivity index (χ4n) is 8.74. The molecule has 0 saturated heterocycles. The number of esters is 1. The van der Waals surface area contributed by atoms with E-state index < -0.39 is 18.2 Å². The van der Waals surface area contributed by atoms with Gasteiger partial charge in [-0.2, -0.15) is 0 Å². The molecule has 3 N–H and O–H groups in total. The largest absolute Gasteiger partial charge is 0.462 e. The molecule has 0 spiro atoms. The Balaban J connectivity index is 4.65. The lowest BCUT2D eigenvalue weighted by molar-refractivity contribution is -0.151. The van der Waals surface area contributed by atoms with E-state index >= 15 is 0 Å². The zero-order chi connectivity index (χ0) is 50.2. The van der Waals surface area contributed by atoms with Crippen molar-refractivity contribution in [3.63, 3.8) is 0 Å². The number of carbonyl (C=O) groups excluding carboxylic acids is 2. The fourth-order valence-corrected chi connectivity index (χ4v) is 8.74. The number of nitrogens with one attached hydrogen (secondary N) is 1. The maximum Gasteiger partial charge on any atom is 0.306 e. The molecule has 0 fully saturated rings. The quantitative estimate of drug-likeness (QED) is 0.0321. The summed E-state index contributed by atoms with van der Waals surface area (Å²) in [6.45, 7) is 6.44. The Bertz CT molecular complexity index is 1270. The van der Waals surface area contributed by atoms with Crippen molar-refractivity contribution in [2.24, 2.45) is 0 Å². The molecule has 0 radical (unpaired) electrons. The number of aliphatic hydroxyl groups excluding tert-OH is 2. The number of unbranched alkanes of at least 4 members (excludes halogenated alkanes) is 29. The first-order valence-electron chi connectivity index (χ1n) is 29.7. The molecule has 0 aromatic rings. The average Bonchev–Trinajstić information content (AvgIpc) is 3.34. The van der Waals surface area contributed by atoms with Crippen molar-refractivity contribution in [2.75, 3.05) is 6.61 Å². The molecule has 0 rings (SSSR count). The highest BCUT2D eigenvalue weighted by Gasteiger charge is 2.24. The highest BCUT2D eigenvalue weighted by molar-refractivity contribution is 5.77. The number of ether oxygens (including phenoxy) is 1. The van der Waals surface area contributed by atoms with Crippen LogP contribution in [0.25, 0.3) is 0 Å². The predicted molar refractivity (Wildman–Crippen MR) is 301 cm³/mol. The minimum absolute atomic E-state index is 0.0518. The number of rotatable bonds is 53. The first-order chi connectivity index (χ1) is 34.0. The Morgan fingerprint density at radius 2 is 0.739 bits per heavy atom. The summed E-state index contributed by atoms with van der Waals surface area (Å²) in [4.78, 5) is 26.3. The smallest absolute Gasteiger partial charge is 0.306 e. The van der Waals surface area contributed by atoms with E-state index in [1.807, 2.05) is 0 Å².